The first-order valence-electron chi connectivity index (χ1n) is 9.28. The number of carbonyl (C=O) groups is 1. The predicted molar refractivity (Wildman–Crippen MR) is 118 cm³/mol. The normalized spacial score (nSPS) is 10.8. The Bertz CT molecular complexity index is 1010. The molecule has 3 aromatic rings. The lowest BCUT2D eigenvalue weighted by molar-refractivity contribution is -0.113. The number of hydrogen-bond donors (Lipinski definition) is 1. The molecule has 1 amide bonds. The summed E-state index contributed by atoms with van der Waals surface area (Å²) in [5, 5.41) is 12.7. The van der Waals surface area contributed by atoms with Gasteiger partial charge in [0, 0.05) is 17.8 Å². The minimum Gasteiger partial charge on any atom is -0.495 e. The van der Waals surface area contributed by atoms with Crippen molar-refractivity contribution in [1.82, 2.24) is 14.8 Å². The molecule has 0 fully saturated rings. The molecule has 0 aliphatic heterocycles. The fourth-order valence-electron chi connectivity index (χ4n) is 2.89. The standard InChI is InChI=1S/C21H23ClN4O2S/c1-4-10-26-20(15-7-5-6-14(2)11-15)24-25-21(26)29-13-19(27)23-16-8-9-18(28-3)17(22)12-16/h5-9,11-12H,4,10,13H2,1-3H3,(H,23,27). The molecule has 1 N–H and O–H groups in total. The molecule has 0 radical (unpaired) electrons. The molecule has 0 spiro atoms. The molecule has 0 saturated carbocycles. The summed E-state index contributed by atoms with van der Waals surface area (Å²) in [4.78, 5) is 12.4. The van der Waals surface area contributed by atoms with Crippen molar-refractivity contribution in [3.63, 3.8) is 0 Å². The number of rotatable bonds is 8. The Morgan fingerprint density at radius 2 is 2.07 bits per heavy atom. The van der Waals surface area contributed by atoms with Gasteiger partial charge in [-0.05, 0) is 37.6 Å². The van der Waals surface area contributed by atoms with Gasteiger partial charge >= 0.3 is 0 Å². The van der Waals surface area contributed by atoms with Crippen LogP contribution >= 0.6 is 23.4 Å². The smallest absolute Gasteiger partial charge is 0.234 e. The van der Waals surface area contributed by atoms with Crippen LogP contribution in [0, 0.1) is 6.92 Å². The van der Waals surface area contributed by atoms with Crippen molar-refractivity contribution in [3.8, 4) is 17.1 Å². The lowest BCUT2D eigenvalue weighted by Crippen LogP contribution is -2.14. The summed E-state index contributed by atoms with van der Waals surface area (Å²) in [6, 6.07) is 13.3. The van der Waals surface area contributed by atoms with Crippen LogP contribution in [0.5, 0.6) is 5.75 Å². The summed E-state index contributed by atoms with van der Waals surface area (Å²) in [5.41, 5.74) is 2.81. The quantitative estimate of drug-likeness (QED) is 0.506. The largest absolute Gasteiger partial charge is 0.495 e. The highest BCUT2D eigenvalue weighted by molar-refractivity contribution is 7.99. The number of aromatic nitrogens is 3. The molecule has 152 valence electrons. The molecule has 1 aromatic heterocycles. The van der Waals surface area contributed by atoms with Crippen LogP contribution in [0.1, 0.15) is 18.9 Å². The number of benzene rings is 2. The molecule has 0 bridgehead atoms. The summed E-state index contributed by atoms with van der Waals surface area (Å²) in [6.45, 7) is 4.94. The average Bonchev–Trinajstić information content (AvgIpc) is 3.09. The number of carbonyl (C=O) groups excluding carboxylic acids is 1. The number of hydrogen-bond acceptors (Lipinski definition) is 5. The number of anilines is 1. The van der Waals surface area contributed by atoms with Gasteiger partial charge < -0.3 is 14.6 Å². The van der Waals surface area contributed by atoms with Crippen LogP contribution < -0.4 is 10.1 Å². The molecule has 0 aliphatic carbocycles. The molecule has 6 nitrogen and oxygen atoms in total. The lowest BCUT2D eigenvalue weighted by Gasteiger charge is -2.10. The van der Waals surface area contributed by atoms with Gasteiger partial charge in [-0.2, -0.15) is 0 Å². The zero-order valence-corrected chi connectivity index (χ0v) is 18.2. The van der Waals surface area contributed by atoms with Crippen molar-refractivity contribution < 1.29 is 9.53 Å². The maximum Gasteiger partial charge on any atom is 0.234 e. The summed E-state index contributed by atoms with van der Waals surface area (Å²) >= 11 is 7.48. The van der Waals surface area contributed by atoms with E-state index < -0.39 is 0 Å². The van der Waals surface area contributed by atoms with Crippen molar-refractivity contribution in [2.45, 2.75) is 32.0 Å². The number of amides is 1. The third kappa shape index (κ3) is 5.31. The molecule has 0 aliphatic rings. The monoisotopic (exact) mass is 430 g/mol. The first-order chi connectivity index (χ1) is 14.0. The van der Waals surface area contributed by atoms with E-state index in [-0.39, 0.29) is 11.7 Å². The highest BCUT2D eigenvalue weighted by Crippen LogP contribution is 2.28. The van der Waals surface area contributed by atoms with Gasteiger partial charge in [0.25, 0.3) is 0 Å². The first-order valence-corrected chi connectivity index (χ1v) is 10.6. The van der Waals surface area contributed by atoms with Crippen LogP contribution in [-0.4, -0.2) is 33.5 Å². The van der Waals surface area contributed by atoms with E-state index in [0.29, 0.717) is 16.5 Å². The van der Waals surface area contributed by atoms with Gasteiger partial charge in [-0.3, -0.25) is 4.79 Å². The fourth-order valence-corrected chi connectivity index (χ4v) is 3.91. The summed E-state index contributed by atoms with van der Waals surface area (Å²) in [6.07, 6.45) is 0.945. The maximum atomic E-state index is 12.4. The van der Waals surface area contributed by atoms with Gasteiger partial charge in [0.1, 0.15) is 5.75 Å². The van der Waals surface area contributed by atoms with E-state index in [0.717, 1.165) is 29.5 Å². The maximum absolute atomic E-state index is 12.4. The lowest BCUT2D eigenvalue weighted by atomic mass is 10.1. The summed E-state index contributed by atoms with van der Waals surface area (Å²) < 4.78 is 7.19. The van der Waals surface area contributed by atoms with E-state index in [1.807, 2.05) is 12.1 Å². The van der Waals surface area contributed by atoms with Crippen molar-refractivity contribution in [2.24, 2.45) is 0 Å². The molecule has 8 heteroatoms. The SMILES string of the molecule is CCCn1c(SCC(=O)Nc2ccc(OC)c(Cl)c2)nnc1-c1cccc(C)c1. The van der Waals surface area contributed by atoms with Crippen molar-refractivity contribution in [1.29, 1.82) is 0 Å². The van der Waals surface area contributed by atoms with E-state index in [4.69, 9.17) is 16.3 Å². The minimum atomic E-state index is -0.139. The zero-order chi connectivity index (χ0) is 20.8. The van der Waals surface area contributed by atoms with E-state index in [1.165, 1.54) is 17.3 Å². The van der Waals surface area contributed by atoms with Crippen LogP contribution in [0.2, 0.25) is 5.02 Å². The van der Waals surface area contributed by atoms with Crippen LogP contribution in [0.25, 0.3) is 11.4 Å². The van der Waals surface area contributed by atoms with Gasteiger partial charge in [-0.25, -0.2) is 0 Å². The van der Waals surface area contributed by atoms with E-state index in [9.17, 15) is 4.79 Å². The van der Waals surface area contributed by atoms with Crippen molar-refractivity contribution in [3.05, 3.63) is 53.1 Å². The van der Waals surface area contributed by atoms with E-state index in [2.05, 4.69) is 46.1 Å². The number of nitrogens with zero attached hydrogens (tertiary/aromatic N) is 3. The van der Waals surface area contributed by atoms with Crippen LogP contribution in [0.15, 0.2) is 47.6 Å². The molecule has 0 saturated heterocycles. The molecule has 0 unspecified atom stereocenters. The predicted octanol–water partition coefficient (Wildman–Crippen LogP) is 5.06. The molecule has 1 heterocycles. The number of halogens is 1. The van der Waals surface area contributed by atoms with Gasteiger partial charge in [0.2, 0.25) is 5.91 Å². The number of methoxy groups -OCH3 is 1. The summed E-state index contributed by atoms with van der Waals surface area (Å²) in [5.74, 6) is 1.47. The zero-order valence-electron chi connectivity index (χ0n) is 16.6. The van der Waals surface area contributed by atoms with E-state index in [1.54, 1.807) is 25.3 Å². The van der Waals surface area contributed by atoms with Crippen molar-refractivity contribution in [2.75, 3.05) is 18.2 Å². The topological polar surface area (TPSA) is 69.0 Å². The molecule has 29 heavy (non-hydrogen) atoms. The van der Waals surface area contributed by atoms with Crippen LogP contribution in [0.4, 0.5) is 5.69 Å². The second-order valence-corrected chi connectivity index (χ2v) is 7.86. The molecule has 0 atom stereocenters. The fraction of sp³-hybridized carbons (Fsp3) is 0.286. The van der Waals surface area contributed by atoms with Crippen molar-refractivity contribution >= 4 is 35.0 Å². The number of ether oxygens (including phenoxy) is 1. The number of nitrogens with one attached hydrogen (secondary N) is 1. The van der Waals surface area contributed by atoms with Crippen LogP contribution in [-0.2, 0) is 11.3 Å². The highest BCUT2D eigenvalue weighted by Gasteiger charge is 2.15. The van der Waals surface area contributed by atoms with Gasteiger partial charge in [-0.1, -0.05) is 54.0 Å². The second kappa shape index (κ2) is 9.80. The Kier molecular flexibility index (Phi) is 7.17. The van der Waals surface area contributed by atoms with Gasteiger partial charge in [0.05, 0.1) is 17.9 Å². The number of thioether (sulfide) groups is 1. The third-order valence-electron chi connectivity index (χ3n) is 4.21. The third-order valence-corrected chi connectivity index (χ3v) is 5.47. The molecular weight excluding hydrogens is 408 g/mol. The Labute approximate surface area is 179 Å². The molecule has 3 rings (SSSR count). The average molecular weight is 431 g/mol. The molecule has 2 aromatic carbocycles. The second-order valence-electron chi connectivity index (χ2n) is 6.51. The van der Waals surface area contributed by atoms with E-state index >= 15 is 0 Å². The highest BCUT2D eigenvalue weighted by atomic mass is 35.5. The first kappa shape index (κ1) is 21.2. The Morgan fingerprint density at radius 1 is 1.24 bits per heavy atom. The Morgan fingerprint density at radius 3 is 2.76 bits per heavy atom. The number of aryl methyl sites for hydroxylation is 1. The minimum absolute atomic E-state index is 0.139. The van der Waals surface area contributed by atoms with Gasteiger partial charge in [-0.15, -0.1) is 10.2 Å². The Hall–Kier alpha value is -2.51. The molecular formula is C21H23ClN4O2S. The Balaban J connectivity index is 1.70. The van der Waals surface area contributed by atoms with Crippen LogP contribution in [0.3, 0.4) is 0 Å². The summed E-state index contributed by atoms with van der Waals surface area (Å²) in [7, 11) is 1.55. The van der Waals surface area contributed by atoms with Gasteiger partial charge in [0.15, 0.2) is 11.0 Å².